The zero-order chi connectivity index (χ0) is 14.5. The van der Waals surface area contributed by atoms with Crippen molar-refractivity contribution in [3.05, 3.63) is 57.2 Å². The van der Waals surface area contributed by atoms with Crippen LogP contribution >= 0.6 is 22.6 Å². The molecule has 4 heteroatoms. The van der Waals surface area contributed by atoms with Gasteiger partial charge in [0.15, 0.2) is 5.78 Å². The van der Waals surface area contributed by atoms with Gasteiger partial charge in [0, 0.05) is 14.7 Å². The van der Waals surface area contributed by atoms with Crippen LogP contribution < -0.4 is 9.47 Å². The van der Waals surface area contributed by atoms with E-state index in [1.54, 1.807) is 26.2 Å². The minimum Gasteiger partial charge on any atom is -0.496 e. The van der Waals surface area contributed by atoms with Gasteiger partial charge in [0.25, 0.3) is 0 Å². The summed E-state index contributed by atoms with van der Waals surface area (Å²) in [6.45, 7) is 1.91. The molecule has 0 atom stereocenters. The number of benzene rings is 2. The third kappa shape index (κ3) is 3.72. The van der Waals surface area contributed by atoms with E-state index in [0.29, 0.717) is 12.2 Å². The molecule has 0 aliphatic carbocycles. The Morgan fingerprint density at radius 3 is 2.65 bits per heavy atom. The molecule has 2 aromatic rings. The van der Waals surface area contributed by atoms with Gasteiger partial charge in [-0.1, -0.05) is 6.07 Å². The molecule has 0 fully saturated rings. The highest BCUT2D eigenvalue weighted by molar-refractivity contribution is 14.1. The van der Waals surface area contributed by atoms with Gasteiger partial charge in [0.1, 0.15) is 18.1 Å². The second-order valence-corrected chi connectivity index (χ2v) is 5.57. The predicted molar refractivity (Wildman–Crippen MR) is 86.5 cm³/mol. The fourth-order valence-corrected chi connectivity index (χ4v) is 2.34. The lowest BCUT2D eigenvalue weighted by Gasteiger charge is -2.11. The summed E-state index contributed by atoms with van der Waals surface area (Å²) in [6, 6.07) is 13.2. The van der Waals surface area contributed by atoms with Crippen molar-refractivity contribution >= 4 is 28.4 Å². The molecule has 0 amide bonds. The standard InChI is InChI=1S/C16H15IO3/c1-11(18)12-6-7-16(19-2)13(8-12)10-20-15-5-3-4-14(17)9-15/h3-9H,10H2,1-2H3. The number of hydrogen-bond donors (Lipinski definition) is 0. The number of halogens is 1. The fourth-order valence-electron chi connectivity index (χ4n) is 1.83. The molecule has 3 nitrogen and oxygen atoms in total. The van der Waals surface area contributed by atoms with Gasteiger partial charge in [-0.15, -0.1) is 0 Å². The summed E-state index contributed by atoms with van der Waals surface area (Å²) >= 11 is 2.24. The van der Waals surface area contributed by atoms with Crippen molar-refractivity contribution in [3.63, 3.8) is 0 Å². The molecule has 20 heavy (non-hydrogen) atoms. The van der Waals surface area contributed by atoms with Crippen LogP contribution in [0.2, 0.25) is 0 Å². The first-order valence-electron chi connectivity index (χ1n) is 6.16. The van der Waals surface area contributed by atoms with E-state index in [4.69, 9.17) is 9.47 Å². The van der Waals surface area contributed by atoms with Crippen LogP contribution in [-0.4, -0.2) is 12.9 Å². The number of ether oxygens (including phenoxy) is 2. The van der Waals surface area contributed by atoms with Crippen LogP contribution in [0, 0.1) is 3.57 Å². The minimum atomic E-state index is 0.0307. The van der Waals surface area contributed by atoms with Crippen molar-refractivity contribution < 1.29 is 14.3 Å². The van der Waals surface area contributed by atoms with E-state index in [0.717, 1.165) is 20.6 Å². The summed E-state index contributed by atoms with van der Waals surface area (Å²) in [5.74, 6) is 1.55. The van der Waals surface area contributed by atoms with E-state index >= 15 is 0 Å². The molecule has 0 saturated carbocycles. The summed E-state index contributed by atoms with van der Waals surface area (Å²) in [5, 5.41) is 0. The Kier molecular flexibility index (Phi) is 5.00. The first kappa shape index (κ1) is 14.8. The molecule has 104 valence electrons. The summed E-state index contributed by atoms with van der Waals surface area (Å²) < 4.78 is 12.2. The zero-order valence-corrected chi connectivity index (χ0v) is 13.5. The minimum absolute atomic E-state index is 0.0307. The van der Waals surface area contributed by atoms with Gasteiger partial charge in [-0.2, -0.15) is 0 Å². The molecule has 0 spiro atoms. The fraction of sp³-hybridized carbons (Fsp3) is 0.188. The molecule has 0 saturated heterocycles. The lowest BCUT2D eigenvalue weighted by atomic mass is 10.1. The van der Waals surface area contributed by atoms with Gasteiger partial charge in [-0.05, 0) is 65.9 Å². The molecule has 0 N–H and O–H groups in total. The van der Waals surface area contributed by atoms with E-state index < -0.39 is 0 Å². The Balaban J connectivity index is 2.19. The average molecular weight is 382 g/mol. The van der Waals surface area contributed by atoms with Crippen molar-refractivity contribution in [2.24, 2.45) is 0 Å². The van der Waals surface area contributed by atoms with Crippen LogP contribution in [0.25, 0.3) is 0 Å². The summed E-state index contributed by atoms with van der Waals surface area (Å²) in [5.41, 5.74) is 1.52. The molecular weight excluding hydrogens is 367 g/mol. The quantitative estimate of drug-likeness (QED) is 0.578. The summed E-state index contributed by atoms with van der Waals surface area (Å²) in [7, 11) is 1.61. The first-order valence-corrected chi connectivity index (χ1v) is 7.24. The second kappa shape index (κ2) is 6.74. The van der Waals surface area contributed by atoms with E-state index in [2.05, 4.69) is 22.6 Å². The van der Waals surface area contributed by atoms with Gasteiger partial charge < -0.3 is 9.47 Å². The maximum atomic E-state index is 11.4. The molecule has 2 rings (SSSR count). The molecule has 0 unspecified atom stereocenters. The number of rotatable bonds is 5. The van der Waals surface area contributed by atoms with Crippen LogP contribution in [-0.2, 0) is 6.61 Å². The summed E-state index contributed by atoms with van der Waals surface area (Å²) in [4.78, 5) is 11.4. The third-order valence-corrected chi connectivity index (χ3v) is 3.55. The SMILES string of the molecule is COc1ccc(C(C)=O)cc1COc1cccc(I)c1. The number of ketones is 1. The monoisotopic (exact) mass is 382 g/mol. The Labute approximate surface area is 132 Å². The van der Waals surface area contributed by atoms with Gasteiger partial charge in [-0.3, -0.25) is 4.79 Å². The number of Topliss-reactive ketones (excluding diaryl/α,β-unsaturated/α-hetero) is 1. The Morgan fingerprint density at radius 1 is 1.20 bits per heavy atom. The smallest absolute Gasteiger partial charge is 0.159 e. The molecule has 0 bridgehead atoms. The summed E-state index contributed by atoms with van der Waals surface area (Å²) in [6.07, 6.45) is 0. The van der Waals surface area contributed by atoms with Gasteiger partial charge in [0.2, 0.25) is 0 Å². The molecule has 0 heterocycles. The maximum absolute atomic E-state index is 11.4. The normalized spacial score (nSPS) is 10.2. The number of carbonyl (C=O) groups is 1. The van der Waals surface area contributed by atoms with Gasteiger partial charge in [-0.25, -0.2) is 0 Å². The van der Waals surface area contributed by atoms with Crippen LogP contribution in [0.15, 0.2) is 42.5 Å². The van der Waals surface area contributed by atoms with Crippen molar-refractivity contribution in [3.8, 4) is 11.5 Å². The van der Waals surface area contributed by atoms with Gasteiger partial charge >= 0.3 is 0 Å². The maximum Gasteiger partial charge on any atom is 0.159 e. The van der Waals surface area contributed by atoms with Crippen LogP contribution in [0.3, 0.4) is 0 Å². The van der Waals surface area contributed by atoms with E-state index in [-0.39, 0.29) is 5.78 Å². The zero-order valence-electron chi connectivity index (χ0n) is 11.4. The molecule has 0 aliphatic heterocycles. The van der Waals surface area contributed by atoms with Gasteiger partial charge in [0.05, 0.1) is 7.11 Å². The van der Waals surface area contributed by atoms with Crippen molar-refractivity contribution in [1.82, 2.24) is 0 Å². The van der Waals surface area contributed by atoms with Crippen molar-refractivity contribution in [2.45, 2.75) is 13.5 Å². The first-order chi connectivity index (χ1) is 9.60. The molecule has 2 aromatic carbocycles. The Morgan fingerprint density at radius 2 is 2.00 bits per heavy atom. The van der Waals surface area contributed by atoms with Crippen molar-refractivity contribution in [2.75, 3.05) is 7.11 Å². The highest BCUT2D eigenvalue weighted by Gasteiger charge is 2.08. The molecule has 0 aliphatic rings. The predicted octanol–water partition coefficient (Wildman–Crippen LogP) is 4.08. The van der Waals surface area contributed by atoms with E-state index in [9.17, 15) is 4.79 Å². The number of carbonyl (C=O) groups excluding carboxylic acids is 1. The molecule has 0 aromatic heterocycles. The van der Waals surface area contributed by atoms with E-state index in [1.807, 2.05) is 30.3 Å². The third-order valence-electron chi connectivity index (χ3n) is 2.88. The largest absolute Gasteiger partial charge is 0.496 e. The van der Waals surface area contributed by atoms with E-state index in [1.165, 1.54) is 0 Å². The van der Waals surface area contributed by atoms with Crippen LogP contribution in [0.5, 0.6) is 11.5 Å². The Bertz CT molecular complexity index is 623. The molecule has 0 radical (unpaired) electrons. The highest BCUT2D eigenvalue weighted by Crippen LogP contribution is 2.23. The average Bonchev–Trinajstić information content (AvgIpc) is 2.44. The topological polar surface area (TPSA) is 35.5 Å². The number of hydrogen-bond acceptors (Lipinski definition) is 3. The second-order valence-electron chi connectivity index (χ2n) is 4.33. The molecular formula is C16H15IO3. The van der Waals surface area contributed by atoms with Crippen LogP contribution in [0.4, 0.5) is 0 Å². The van der Waals surface area contributed by atoms with Crippen LogP contribution in [0.1, 0.15) is 22.8 Å². The van der Waals surface area contributed by atoms with Crippen molar-refractivity contribution in [1.29, 1.82) is 0 Å². The highest BCUT2D eigenvalue weighted by atomic mass is 127. The number of methoxy groups -OCH3 is 1. The lowest BCUT2D eigenvalue weighted by molar-refractivity contribution is 0.101. The lowest BCUT2D eigenvalue weighted by Crippen LogP contribution is -2.02. The Hall–Kier alpha value is -1.56.